The summed E-state index contributed by atoms with van der Waals surface area (Å²) in [6.45, 7) is 9.26. The van der Waals surface area contributed by atoms with Gasteiger partial charge >= 0.3 is 0 Å². The molecule has 0 aromatic carbocycles. The molecule has 1 aliphatic rings. The summed E-state index contributed by atoms with van der Waals surface area (Å²) in [6, 6.07) is 1.58. The molecule has 2 nitrogen and oxygen atoms in total. The number of hydrogen-bond donors (Lipinski definition) is 1. The van der Waals surface area contributed by atoms with Gasteiger partial charge in [-0.25, -0.2) is 0 Å². The molecular formula is C13H28N2. The molecule has 0 aliphatic heterocycles. The molecule has 1 rings (SSSR count). The van der Waals surface area contributed by atoms with Crippen molar-refractivity contribution in [3.05, 3.63) is 0 Å². The van der Waals surface area contributed by atoms with E-state index in [0.717, 1.165) is 18.0 Å². The van der Waals surface area contributed by atoms with Gasteiger partial charge in [-0.05, 0) is 58.7 Å². The van der Waals surface area contributed by atoms with Gasteiger partial charge < -0.3 is 10.2 Å². The highest BCUT2D eigenvalue weighted by atomic mass is 15.2. The Morgan fingerprint density at radius 1 is 1.33 bits per heavy atom. The van der Waals surface area contributed by atoms with Crippen LogP contribution in [0.25, 0.3) is 0 Å². The highest BCUT2D eigenvalue weighted by molar-refractivity contribution is 4.90. The topological polar surface area (TPSA) is 15.3 Å². The van der Waals surface area contributed by atoms with Crippen molar-refractivity contribution in [2.75, 3.05) is 20.1 Å². The van der Waals surface area contributed by atoms with E-state index in [1.54, 1.807) is 0 Å². The molecule has 1 aliphatic carbocycles. The number of nitrogens with zero attached hydrogens (tertiary/aromatic N) is 1. The minimum absolute atomic E-state index is 0.740. The van der Waals surface area contributed by atoms with Crippen molar-refractivity contribution in [1.29, 1.82) is 0 Å². The molecule has 1 fully saturated rings. The first-order valence-electron chi connectivity index (χ1n) is 6.63. The molecule has 0 radical (unpaired) electrons. The van der Waals surface area contributed by atoms with Crippen molar-refractivity contribution >= 4 is 0 Å². The minimum Gasteiger partial charge on any atom is -0.316 e. The van der Waals surface area contributed by atoms with Crippen LogP contribution in [0.5, 0.6) is 0 Å². The lowest BCUT2D eigenvalue weighted by molar-refractivity contribution is 0.0541. The molecule has 0 amide bonds. The van der Waals surface area contributed by atoms with Crippen LogP contribution in [0, 0.1) is 5.92 Å². The summed E-state index contributed by atoms with van der Waals surface area (Å²) in [4.78, 5) is 2.59. The summed E-state index contributed by atoms with van der Waals surface area (Å²) in [7, 11) is 2.30. The Labute approximate surface area is 95.4 Å². The zero-order valence-electron chi connectivity index (χ0n) is 10.9. The minimum atomic E-state index is 0.740. The van der Waals surface area contributed by atoms with Gasteiger partial charge in [-0.1, -0.05) is 13.8 Å². The maximum absolute atomic E-state index is 3.55. The van der Waals surface area contributed by atoms with E-state index in [1.807, 2.05) is 0 Å². The summed E-state index contributed by atoms with van der Waals surface area (Å²) in [5, 5.41) is 3.55. The van der Waals surface area contributed by atoms with E-state index in [-0.39, 0.29) is 0 Å². The predicted octanol–water partition coefficient (Wildman–Crippen LogP) is 2.49. The Hall–Kier alpha value is -0.0800. The molecule has 2 heteroatoms. The second kappa shape index (κ2) is 6.49. The zero-order chi connectivity index (χ0) is 11.3. The van der Waals surface area contributed by atoms with Gasteiger partial charge in [0.05, 0.1) is 0 Å². The van der Waals surface area contributed by atoms with Gasteiger partial charge in [-0.15, -0.1) is 0 Å². The van der Waals surface area contributed by atoms with E-state index in [4.69, 9.17) is 0 Å². The van der Waals surface area contributed by atoms with E-state index in [1.165, 1.54) is 38.8 Å². The molecule has 1 N–H and O–H groups in total. The van der Waals surface area contributed by atoms with Gasteiger partial charge in [-0.2, -0.15) is 0 Å². The Balaban J connectivity index is 2.24. The van der Waals surface area contributed by atoms with Crippen molar-refractivity contribution in [2.24, 2.45) is 5.92 Å². The molecule has 15 heavy (non-hydrogen) atoms. The predicted molar refractivity (Wildman–Crippen MR) is 67.2 cm³/mol. The fourth-order valence-electron chi connectivity index (χ4n) is 2.40. The van der Waals surface area contributed by atoms with Crippen LogP contribution in [0.4, 0.5) is 0 Å². The van der Waals surface area contributed by atoms with Crippen molar-refractivity contribution in [1.82, 2.24) is 10.2 Å². The second-order valence-corrected chi connectivity index (χ2v) is 5.03. The lowest BCUT2D eigenvalue weighted by Crippen LogP contribution is -2.51. The van der Waals surface area contributed by atoms with Gasteiger partial charge in [0.15, 0.2) is 0 Å². The molecule has 1 saturated carbocycles. The monoisotopic (exact) mass is 212 g/mol. The number of rotatable bonds is 7. The third-order valence-corrected chi connectivity index (χ3v) is 4.02. The highest BCUT2D eigenvalue weighted by Gasteiger charge is 2.34. The summed E-state index contributed by atoms with van der Waals surface area (Å²) in [6.07, 6.45) is 5.34. The van der Waals surface area contributed by atoms with Crippen LogP contribution < -0.4 is 5.32 Å². The van der Waals surface area contributed by atoms with Crippen LogP contribution in [0.1, 0.15) is 46.5 Å². The van der Waals surface area contributed by atoms with E-state index >= 15 is 0 Å². The lowest BCUT2D eigenvalue weighted by Gasteiger charge is -2.45. The van der Waals surface area contributed by atoms with Crippen molar-refractivity contribution in [3.63, 3.8) is 0 Å². The fourth-order valence-corrected chi connectivity index (χ4v) is 2.40. The second-order valence-electron chi connectivity index (χ2n) is 5.03. The van der Waals surface area contributed by atoms with E-state index in [2.05, 4.69) is 38.0 Å². The van der Waals surface area contributed by atoms with Crippen LogP contribution in [-0.2, 0) is 0 Å². The Morgan fingerprint density at radius 2 is 2.07 bits per heavy atom. The third-order valence-electron chi connectivity index (χ3n) is 4.02. The molecule has 3 unspecified atom stereocenters. The maximum Gasteiger partial charge on any atom is 0.0135 e. The van der Waals surface area contributed by atoms with Crippen LogP contribution in [0.2, 0.25) is 0 Å². The van der Waals surface area contributed by atoms with Gasteiger partial charge in [0.25, 0.3) is 0 Å². The first-order valence-corrected chi connectivity index (χ1v) is 6.63. The summed E-state index contributed by atoms with van der Waals surface area (Å²) < 4.78 is 0. The Bertz CT molecular complexity index is 170. The first-order chi connectivity index (χ1) is 7.20. The van der Waals surface area contributed by atoms with Crippen LogP contribution in [-0.4, -0.2) is 37.1 Å². The number of hydrogen-bond acceptors (Lipinski definition) is 2. The average molecular weight is 212 g/mol. The summed E-state index contributed by atoms with van der Waals surface area (Å²) in [5.74, 6) is 0.899. The smallest absolute Gasteiger partial charge is 0.0135 e. The lowest BCUT2D eigenvalue weighted by atomic mass is 9.78. The van der Waals surface area contributed by atoms with E-state index < -0.39 is 0 Å². The van der Waals surface area contributed by atoms with Crippen LogP contribution >= 0.6 is 0 Å². The SMILES string of the molecule is CCCNCC1CCC1N(C)C(C)CC. The van der Waals surface area contributed by atoms with Crippen molar-refractivity contribution in [2.45, 2.75) is 58.5 Å². The average Bonchev–Trinajstić information content (AvgIpc) is 2.21. The number of nitrogens with one attached hydrogen (secondary N) is 1. The zero-order valence-corrected chi connectivity index (χ0v) is 10.9. The molecule has 3 atom stereocenters. The molecule has 90 valence electrons. The van der Waals surface area contributed by atoms with E-state index in [9.17, 15) is 0 Å². The Morgan fingerprint density at radius 3 is 2.53 bits per heavy atom. The van der Waals surface area contributed by atoms with Crippen LogP contribution in [0.15, 0.2) is 0 Å². The molecule has 0 aromatic rings. The molecular weight excluding hydrogens is 184 g/mol. The highest BCUT2D eigenvalue weighted by Crippen LogP contribution is 2.32. The normalized spacial score (nSPS) is 27.8. The first kappa shape index (κ1) is 13.0. The molecule has 0 bridgehead atoms. The summed E-state index contributed by atoms with van der Waals surface area (Å²) in [5.41, 5.74) is 0. The molecule has 0 saturated heterocycles. The third kappa shape index (κ3) is 3.46. The molecule has 0 heterocycles. The largest absolute Gasteiger partial charge is 0.316 e. The van der Waals surface area contributed by atoms with Gasteiger partial charge in [-0.3, -0.25) is 0 Å². The maximum atomic E-state index is 3.55. The fraction of sp³-hybridized carbons (Fsp3) is 1.00. The van der Waals surface area contributed by atoms with Crippen LogP contribution in [0.3, 0.4) is 0 Å². The van der Waals surface area contributed by atoms with E-state index in [0.29, 0.717) is 0 Å². The van der Waals surface area contributed by atoms with Gasteiger partial charge in [0.2, 0.25) is 0 Å². The standard InChI is InChI=1S/C13H28N2/c1-5-9-14-10-12-7-8-13(12)15(4)11(3)6-2/h11-14H,5-10H2,1-4H3. The quantitative estimate of drug-likeness (QED) is 0.652. The molecule has 0 spiro atoms. The Kier molecular flexibility index (Phi) is 5.62. The van der Waals surface area contributed by atoms with Crippen molar-refractivity contribution in [3.8, 4) is 0 Å². The van der Waals surface area contributed by atoms with Gasteiger partial charge in [0, 0.05) is 12.1 Å². The van der Waals surface area contributed by atoms with Gasteiger partial charge in [0.1, 0.15) is 0 Å². The van der Waals surface area contributed by atoms with Crippen molar-refractivity contribution < 1.29 is 0 Å². The molecule has 0 aromatic heterocycles. The summed E-state index contributed by atoms with van der Waals surface area (Å²) >= 11 is 0.